The molecule has 0 atom stereocenters. The number of hydrogen-bond acceptors (Lipinski definition) is 3. The van der Waals surface area contributed by atoms with E-state index in [2.05, 4.69) is 12.1 Å². The third kappa shape index (κ3) is 4.11. The van der Waals surface area contributed by atoms with Crippen LogP contribution in [0, 0.1) is 0 Å². The summed E-state index contributed by atoms with van der Waals surface area (Å²) in [6, 6.07) is 1.90. The minimum atomic E-state index is 0.700. The van der Waals surface area contributed by atoms with Crippen molar-refractivity contribution in [2.24, 2.45) is 5.16 Å². The number of halogens is 1. The van der Waals surface area contributed by atoms with Crippen LogP contribution in [0.5, 0.6) is 0 Å². The molecule has 0 fully saturated rings. The Morgan fingerprint density at radius 2 is 2.50 bits per heavy atom. The molecule has 0 saturated heterocycles. The van der Waals surface area contributed by atoms with Crippen molar-refractivity contribution < 1.29 is 4.84 Å². The fourth-order valence-electron chi connectivity index (χ4n) is 0.905. The summed E-state index contributed by atoms with van der Waals surface area (Å²) in [5.41, 5.74) is 0. The maximum absolute atomic E-state index is 5.91. The van der Waals surface area contributed by atoms with Gasteiger partial charge in [0.2, 0.25) is 0 Å². The quantitative estimate of drug-likeness (QED) is 0.415. The van der Waals surface area contributed by atoms with Crippen molar-refractivity contribution in [1.29, 1.82) is 0 Å². The molecular formula is C10H14ClNOS. The van der Waals surface area contributed by atoms with Gasteiger partial charge in [0.1, 0.15) is 6.61 Å². The first-order chi connectivity index (χ1) is 6.84. The van der Waals surface area contributed by atoms with Crippen molar-refractivity contribution in [2.45, 2.75) is 26.2 Å². The summed E-state index contributed by atoms with van der Waals surface area (Å²) in [6.07, 6.45) is 4.69. The Morgan fingerprint density at radius 3 is 3.14 bits per heavy atom. The third-order valence-corrected chi connectivity index (χ3v) is 3.12. The first-order valence-corrected chi connectivity index (χ1v) is 5.96. The van der Waals surface area contributed by atoms with Gasteiger partial charge >= 0.3 is 0 Å². The molecule has 1 aromatic rings. The summed E-state index contributed by atoms with van der Waals surface area (Å²) in [6.45, 7) is 2.82. The molecule has 1 aromatic heterocycles. The average molecular weight is 232 g/mol. The van der Waals surface area contributed by atoms with Gasteiger partial charge in [-0.25, -0.2) is 0 Å². The molecule has 0 aliphatic heterocycles. The zero-order chi connectivity index (χ0) is 10.2. The Bertz CT molecular complexity index is 285. The SMILES string of the molecule is CCCCON=CCc1sccc1Cl. The molecule has 0 unspecified atom stereocenters. The number of unbranched alkanes of at least 4 members (excludes halogenated alkanes) is 1. The number of nitrogens with zero attached hydrogens (tertiary/aromatic N) is 1. The summed E-state index contributed by atoms with van der Waals surface area (Å²) in [7, 11) is 0. The lowest BCUT2D eigenvalue weighted by Gasteiger charge is -1.95. The second-order valence-corrected chi connectivity index (χ2v) is 4.28. The number of rotatable bonds is 6. The standard InChI is InChI=1S/C10H14ClNOS/c1-2-3-7-13-12-6-4-10-9(11)5-8-14-10/h5-6,8H,2-4,7H2,1H3. The van der Waals surface area contributed by atoms with E-state index >= 15 is 0 Å². The van der Waals surface area contributed by atoms with Gasteiger partial charge in [-0.05, 0) is 17.9 Å². The maximum Gasteiger partial charge on any atom is 0.117 e. The van der Waals surface area contributed by atoms with Crippen molar-refractivity contribution in [1.82, 2.24) is 0 Å². The minimum Gasteiger partial charge on any atom is -0.396 e. The van der Waals surface area contributed by atoms with Crippen molar-refractivity contribution in [2.75, 3.05) is 6.61 Å². The lowest BCUT2D eigenvalue weighted by molar-refractivity contribution is 0.142. The van der Waals surface area contributed by atoms with Crippen LogP contribution in [-0.2, 0) is 11.3 Å². The molecule has 0 saturated carbocycles. The molecule has 0 amide bonds. The lowest BCUT2D eigenvalue weighted by atomic mass is 10.4. The summed E-state index contributed by atoms with van der Waals surface area (Å²) < 4.78 is 0. The highest BCUT2D eigenvalue weighted by atomic mass is 35.5. The van der Waals surface area contributed by atoms with Gasteiger partial charge in [0.25, 0.3) is 0 Å². The van der Waals surface area contributed by atoms with Gasteiger partial charge < -0.3 is 4.84 Å². The van der Waals surface area contributed by atoms with Gasteiger partial charge in [-0.15, -0.1) is 11.3 Å². The molecule has 0 bridgehead atoms. The number of oxime groups is 1. The van der Waals surface area contributed by atoms with Crippen molar-refractivity contribution >= 4 is 29.2 Å². The molecule has 0 radical (unpaired) electrons. The fourth-order valence-corrected chi connectivity index (χ4v) is 1.97. The van der Waals surface area contributed by atoms with E-state index in [1.54, 1.807) is 17.6 Å². The highest BCUT2D eigenvalue weighted by Gasteiger charge is 1.98. The molecule has 4 heteroatoms. The highest BCUT2D eigenvalue weighted by Crippen LogP contribution is 2.21. The molecule has 1 rings (SSSR count). The molecular weight excluding hydrogens is 218 g/mol. The molecule has 0 aromatic carbocycles. The normalized spacial score (nSPS) is 11.0. The van der Waals surface area contributed by atoms with Gasteiger partial charge in [-0.2, -0.15) is 0 Å². The molecule has 0 aliphatic rings. The molecule has 78 valence electrons. The summed E-state index contributed by atoms with van der Waals surface area (Å²) in [5, 5.41) is 6.64. The van der Waals surface area contributed by atoms with Gasteiger partial charge in [0.15, 0.2) is 0 Å². The van der Waals surface area contributed by atoms with Crippen LogP contribution in [0.1, 0.15) is 24.6 Å². The van der Waals surface area contributed by atoms with E-state index in [-0.39, 0.29) is 0 Å². The van der Waals surface area contributed by atoms with Crippen LogP contribution in [-0.4, -0.2) is 12.8 Å². The van der Waals surface area contributed by atoms with Crippen molar-refractivity contribution in [3.63, 3.8) is 0 Å². The first-order valence-electron chi connectivity index (χ1n) is 4.70. The van der Waals surface area contributed by atoms with Gasteiger partial charge in [-0.1, -0.05) is 30.1 Å². The molecule has 0 aliphatic carbocycles. The largest absolute Gasteiger partial charge is 0.396 e. The average Bonchev–Trinajstić information content (AvgIpc) is 2.58. The maximum atomic E-state index is 5.91. The molecule has 0 N–H and O–H groups in total. The number of thiophene rings is 1. The Hall–Kier alpha value is -0.540. The molecule has 1 heterocycles. The fraction of sp³-hybridized carbons (Fsp3) is 0.500. The van der Waals surface area contributed by atoms with E-state index in [0.717, 1.165) is 29.2 Å². The smallest absolute Gasteiger partial charge is 0.117 e. The van der Waals surface area contributed by atoms with Crippen LogP contribution in [0.3, 0.4) is 0 Å². The van der Waals surface area contributed by atoms with Crippen LogP contribution in [0.2, 0.25) is 5.02 Å². The van der Waals surface area contributed by atoms with Gasteiger partial charge in [0, 0.05) is 17.5 Å². The predicted molar refractivity (Wildman–Crippen MR) is 62.4 cm³/mol. The summed E-state index contributed by atoms with van der Waals surface area (Å²) in [5.74, 6) is 0. The number of hydrogen-bond donors (Lipinski definition) is 0. The van der Waals surface area contributed by atoms with E-state index in [0.29, 0.717) is 6.61 Å². The topological polar surface area (TPSA) is 21.6 Å². The Morgan fingerprint density at radius 1 is 1.64 bits per heavy atom. The monoisotopic (exact) mass is 231 g/mol. The summed E-state index contributed by atoms with van der Waals surface area (Å²) >= 11 is 7.55. The van der Waals surface area contributed by atoms with Crippen molar-refractivity contribution in [3.8, 4) is 0 Å². The van der Waals surface area contributed by atoms with Crippen LogP contribution in [0.25, 0.3) is 0 Å². The second-order valence-electron chi connectivity index (χ2n) is 2.87. The lowest BCUT2D eigenvalue weighted by Crippen LogP contribution is -1.88. The molecule has 14 heavy (non-hydrogen) atoms. The van der Waals surface area contributed by atoms with Crippen LogP contribution >= 0.6 is 22.9 Å². The van der Waals surface area contributed by atoms with E-state index in [1.807, 2.05) is 11.4 Å². The summed E-state index contributed by atoms with van der Waals surface area (Å²) in [4.78, 5) is 6.18. The molecule has 2 nitrogen and oxygen atoms in total. The van der Waals surface area contributed by atoms with Crippen LogP contribution in [0.15, 0.2) is 16.6 Å². The zero-order valence-corrected chi connectivity index (χ0v) is 9.77. The predicted octanol–water partition coefficient (Wildman–Crippen LogP) is 3.75. The second kappa shape index (κ2) is 6.85. The van der Waals surface area contributed by atoms with Gasteiger partial charge in [0.05, 0.1) is 5.02 Å². The Balaban J connectivity index is 2.17. The van der Waals surface area contributed by atoms with E-state index in [1.165, 1.54) is 0 Å². The van der Waals surface area contributed by atoms with E-state index in [4.69, 9.17) is 16.4 Å². The van der Waals surface area contributed by atoms with E-state index in [9.17, 15) is 0 Å². The molecule has 0 spiro atoms. The van der Waals surface area contributed by atoms with E-state index < -0.39 is 0 Å². The third-order valence-electron chi connectivity index (χ3n) is 1.71. The van der Waals surface area contributed by atoms with Crippen LogP contribution in [0.4, 0.5) is 0 Å². The first kappa shape index (κ1) is 11.5. The van der Waals surface area contributed by atoms with Crippen molar-refractivity contribution in [3.05, 3.63) is 21.3 Å². The highest BCUT2D eigenvalue weighted by molar-refractivity contribution is 7.10. The van der Waals surface area contributed by atoms with Gasteiger partial charge in [-0.3, -0.25) is 0 Å². The Labute approximate surface area is 93.5 Å². The van der Waals surface area contributed by atoms with Crippen LogP contribution < -0.4 is 0 Å². The zero-order valence-electron chi connectivity index (χ0n) is 8.20. The Kier molecular flexibility index (Phi) is 5.64. The minimum absolute atomic E-state index is 0.700.